The van der Waals surface area contributed by atoms with E-state index in [0.29, 0.717) is 0 Å². The van der Waals surface area contributed by atoms with Crippen molar-refractivity contribution in [3.63, 3.8) is 0 Å². The van der Waals surface area contributed by atoms with Crippen LogP contribution in [0.25, 0.3) is 131 Å². The maximum Gasteiger partial charge on any atom is 0.136 e. The molecule has 13 rings (SSSR count). The van der Waals surface area contributed by atoms with E-state index < -0.39 is 0 Å². The molecular formula is C56H32O2. The Hall–Kier alpha value is -7.68. The van der Waals surface area contributed by atoms with Crippen LogP contribution < -0.4 is 0 Å². The van der Waals surface area contributed by atoms with Gasteiger partial charge in [-0.15, -0.1) is 0 Å². The maximum atomic E-state index is 6.50. The third-order valence-electron chi connectivity index (χ3n) is 12.4. The molecule has 0 unspecified atom stereocenters. The molecule has 58 heavy (non-hydrogen) atoms. The van der Waals surface area contributed by atoms with Gasteiger partial charge in [0.05, 0.1) is 0 Å². The highest BCUT2D eigenvalue weighted by atomic mass is 16.3. The average Bonchev–Trinajstić information content (AvgIpc) is 3.82. The largest absolute Gasteiger partial charge is 0.456 e. The zero-order valence-corrected chi connectivity index (χ0v) is 31.3. The molecule has 0 amide bonds. The smallest absolute Gasteiger partial charge is 0.136 e. The highest BCUT2D eigenvalue weighted by Crippen LogP contribution is 2.48. The van der Waals surface area contributed by atoms with Gasteiger partial charge >= 0.3 is 0 Å². The lowest BCUT2D eigenvalue weighted by Gasteiger charge is -2.20. The van der Waals surface area contributed by atoms with Crippen LogP contribution in [-0.4, -0.2) is 0 Å². The minimum atomic E-state index is 0.876. The van der Waals surface area contributed by atoms with Crippen LogP contribution in [0.5, 0.6) is 0 Å². The summed E-state index contributed by atoms with van der Waals surface area (Å²) >= 11 is 0. The molecule has 11 aromatic carbocycles. The van der Waals surface area contributed by atoms with Gasteiger partial charge < -0.3 is 8.83 Å². The molecule has 0 aliphatic carbocycles. The van der Waals surface area contributed by atoms with E-state index in [0.717, 1.165) is 54.8 Å². The van der Waals surface area contributed by atoms with Crippen molar-refractivity contribution in [2.24, 2.45) is 0 Å². The monoisotopic (exact) mass is 736 g/mol. The lowest BCUT2D eigenvalue weighted by Crippen LogP contribution is -1.93. The van der Waals surface area contributed by atoms with Gasteiger partial charge in [0.25, 0.3) is 0 Å². The minimum absolute atomic E-state index is 0.876. The Kier molecular flexibility index (Phi) is 6.47. The predicted octanol–water partition coefficient (Wildman–Crippen LogP) is 16.3. The van der Waals surface area contributed by atoms with Crippen molar-refractivity contribution in [2.45, 2.75) is 0 Å². The van der Waals surface area contributed by atoms with Gasteiger partial charge in [-0.1, -0.05) is 152 Å². The molecular weight excluding hydrogens is 705 g/mol. The number of fused-ring (bicyclic) bond motifs is 11. The first kappa shape index (κ1) is 31.5. The highest BCUT2D eigenvalue weighted by Gasteiger charge is 2.20. The van der Waals surface area contributed by atoms with Crippen molar-refractivity contribution >= 4 is 97.7 Å². The van der Waals surface area contributed by atoms with Gasteiger partial charge in [-0.05, 0) is 130 Å². The summed E-state index contributed by atoms with van der Waals surface area (Å²) in [5.41, 5.74) is 11.0. The molecule has 2 nitrogen and oxygen atoms in total. The summed E-state index contributed by atoms with van der Waals surface area (Å²) in [6.07, 6.45) is 0. The number of benzene rings is 11. The van der Waals surface area contributed by atoms with E-state index in [-0.39, 0.29) is 0 Å². The molecule has 0 saturated carbocycles. The fourth-order valence-electron chi connectivity index (χ4n) is 9.83. The molecule has 13 aromatic rings. The van der Waals surface area contributed by atoms with Crippen molar-refractivity contribution in [1.29, 1.82) is 0 Å². The lowest BCUT2D eigenvalue weighted by molar-refractivity contribution is 0.668. The minimum Gasteiger partial charge on any atom is -0.456 e. The first-order valence-corrected chi connectivity index (χ1v) is 19.9. The summed E-state index contributed by atoms with van der Waals surface area (Å²) in [6.45, 7) is 0. The van der Waals surface area contributed by atoms with Gasteiger partial charge in [0.1, 0.15) is 22.3 Å². The topological polar surface area (TPSA) is 26.3 Å². The molecule has 268 valence electrons. The first-order valence-electron chi connectivity index (χ1n) is 19.9. The van der Waals surface area contributed by atoms with Gasteiger partial charge in [-0.3, -0.25) is 0 Å². The van der Waals surface area contributed by atoms with Crippen LogP contribution in [0.3, 0.4) is 0 Å². The van der Waals surface area contributed by atoms with Crippen LogP contribution >= 0.6 is 0 Å². The standard InChI is InChI=1S/C56H32O2/c1-2-14-37-33(12-1)13-11-22-42(37)55-43-18-5-7-20-45(43)56(46-21-8-6-19-44(46)55)47-26-25-38(39-15-3-4-16-40(39)47)34-24-27-52-49(28-34)50-30-35-29-48-41-17-9-10-23-51(41)57-53(48)31-36(35)32-54(50)58-52/h1-32H. The van der Waals surface area contributed by atoms with Gasteiger partial charge in [0, 0.05) is 21.5 Å². The van der Waals surface area contributed by atoms with Crippen molar-refractivity contribution in [1.82, 2.24) is 0 Å². The van der Waals surface area contributed by atoms with E-state index >= 15 is 0 Å². The molecule has 0 radical (unpaired) electrons. The second-order valence-corrected chi connectivity index (χ2v) is 15.5. The summed E-state index contributed by atoms with van der Waals surface area (Å²) < 4.78 is 12.7. The van der Waals surface area contributed by atoms with Crippen LogP contribution in [0.2, 0.25) is 0 Å². The Balaban J connectivity index is 1.02. The van der Waals surface area contributed by atoms with E-state index in [1.165, 1.54) is 76.3 Å². The molecule has 0 saturated heterocycles. The van der Waals surface area contributed by atoms with E-state index in [2.05, 4.69) is 182 Å². The van der Waals surface area contributed by atoms with E-state index in [4.69, 9.17) is 8.83 Å². The average molecular weight is 737 g/mol. The molecule has 0 spiro atoms. The van der Waals surface area contributed by atoms with Gasteiger partial charge in [-0.25, -0.2) is 0 Å². The number of para-hydroxylation sites is 1. The van der Waals surface area contributed by atoms with E-state index in [1.54, 1.807) is 0 Å². The van der Waals surface area contributed by atoms with E-state index in [9.17, 15) is 0 Å². The zero-order valence-electron chi connectivity index (χ0n) is 31.3. The Morgan fingerprint density at radius 3 is 1.34 bits per heavy atom. The van der Waals surface area contributed by atoms with Crippen molar-refractivity contribution < 1.29 is 8.83 Å². The zero-order chi connectivity index (χ0) is 37.9. The predicted molar refractivity (Wildman–Crippen MR) is 245 cm³/mol. The molecule has 0 aliphatic rings. The first-order chi connectivity index (χ1) is 28.7. The number of furan rings is 2. The van der Waals surface area contributed by atoms with Gasteiger partial charge in [0.2, 0.25) is 0 Å². The van der Waals surface area contributed by atoms with Crippen molar-refractivity contribution in [3.05, 3.63) is 194 Å². The molecule has 2 aromatic heterocycles. The third kappa shape index (κ3) is 4.48. The molecule has 2 heteroatoms. The number of hydrogen-bond donors (Lipinski definition) is 0. The molecule has 0 fully saturated rings. The summed E-state index contributed by atoms with van der Waals surface area (Å²) in [7, 11) is 0. The normalized spacial score (nSPS) is 12.1. The van der Waals surface area contributed by atoms with Crippen LogP contribution in [0, 0.1) is 0 Å². The van der Waals surface area contributed by atoms with Crippen LogP contribution in [0.4, 0.5) is 0 Å². The van der Waals surface area contributed by atoms with Crippen molar-refractivity contribution in [3.8, 4) is 33.4 Å². The molecule has 0 bridgehead atoms. The third-order valence-corrected chi connectivity index (χ3v) is 12.4. The molecule has 2 heterocycles. The fraction of sp³-hybridized carbons (Fsp3) is 0. The fourth-order valence-corrected chi connectivity index (χ4v) is 9.83. The van der Waals surface area contributed by atoms with Gasteiger partial charge in [-0.2, -0.15) is 0 Å². The summed E-state index contributed by atoms with van der Waals surface area (Å²) in [5.74, 6) is 0. The van der Waals surface area contributed by atoms with E-state index in [1.807, 2.05) is 12.1 Å². The molecule has 0 N–H and O–H groups in total. The van der Waals surface area contributed by atoms with Crippen LogP contribution in [0.15, 0.2) is 203 Å². The Labute approximate surface area is 332 Å². The Morgan fingerprint density at radius 1 is 0.224 bits per heavy atom. The van der Waals surface area contributed by atoms with Crippen LogP contribution in [-0.2, 0) is 0 Å². The second kappa shape index (κ2) is 11.9. The summed E-state index contributed by atoms with van der Waals surface area (Å²) in [6, 6.07) is 70.6. The molecule has 0 atom stereocenters. The quantitative estimate of drug-likeness (QED) is 0.169. The SMILES string of the molecule is c1ccc2c(-c3c4ccccc4c(-c4ccc(-c5ccc6oc7cc8cc9oc%10ccccc%10c9cc8cc7c6c5)c5ccccc45)c4ccccc34)cccc2c1. The number of rotatable bonds is 3. The van der Waals surface area contributed by atoms with Gasteiger partial charge in [0.15, 0.2) is 0 Å². The number of hydrogen-bond acceptors (Lipinski definition) is 2. The Bertz CT molecular complexity index is 3800. The maximum absolute atomic E-state index is 6.50. The van der Waals surface area contributed by atoms with Crippen molar-refractivity contribution in [2.75, 3.05) is 0 Å². The molecule has 0 aliphatic heterocycles. The highest BCUT2D eigenvalue weighted by molar-refractivity contribution is 6.26. The Morgan fingerprint density at radius 2 is 0.672 bits per heavy atom. The second-order valence-electron chi connectivity index (χ2n) is 15.5. The summed E-state index contributed by atoms with van der Waals surface area (Å²) in [5, 5.41) is 16.7. The summed E-state index contributed by atoms with van der Waals surface area (Å²) in [4.78, 5) is 0. The van der Waals surface area contributed by atoms with Crippen LogP contribution in [0.1, 0.15) is 0 Å². The lowest BCUT2D eigenvalue weighted by atomic mass is 9.83.